The minimum absolute atomic E-state index is 0.0404. The number of aliphatic hydroxyl groups is 1. The quantitative estimate of drug-likeness (QED) is 0.0169. The molecule has 0 fully saturated rings. The maximum atomic E-state index is 13.1. The third kappa shape index (κ3) is 79.0. The molecule has 0 rings (SSSR count). The molecule has 0 aliphatic heterocycles. The minimum Gasteiger partial charge on any atom is -0.462 e. The van der Waals surface area contributed by atoms with E-state index in [0.717, 1.165) is 167 Å². The van der Waals surface area contributed by atoms with Crippen molar-refractivity contribution in [3.8, 4) is 0 Å². The summed E-state index contributed by atoms with van der Waals surface area (Å²) < 4.78 is 68.6. The first kappa shape index (κ1) is 103. The molecule has 0 heterocycles. The van der Waals surface area contributed by atoms with Gasteiger partial charge in [-0.1, -0.05) is 296 Å². The van der Waals surface area contributed by atoms with Gasteiger partial charge in [-0.2, -0.15) is 0 Å². The lowest BCUT2D eigenvalue weighted by Crippen LogP contribution is -2.30. The first-order valence-electron chi connectivity index (χ1n) is 42.1. The van der Waals surface area contributed by atoms with Crippen LogP contribution in [0.5, 0.6) is 0 Å². The van der Waals surface area contributed by atoms with E-state index in [-0.39, 0.29) is 25.7 Å². The van der Waals surface area contributed by atoms with Crippen LogP contribution in [0.25, 0.3) is 0 Å². The van der Waals surface area contributed by atoms with E-state index in [2.05, 4.69) is 155 Å². The Morgan fingerprint density at radius 3 is 0.843 bits per heavy atom. The molecule has 0 aliphatic rings. The number of esters is 4. The second-order valence-corrected chi connectivity index (χ2v) is 30.6. The molecule has 17 nitrogen and oxygen atoms in total. The van der Waals surface area contributed by atoms with Gasteiger partial charge in [0.2, 0.25) is 0 Å². The van der Waals surface area contributed by atoms with E-state index in [1.54, 1.807) is 0 Å². The molecule has 5 atom stereocenters. The Hall–Kier alpha value is -5.06. The van der Waals surface area contributed by atoms with Gasteiger partial charge in [0.1, 0.15) is 19.3 Å². The van der Waals surface area contributed by atoms with E-state index >= 15 is 0 Å². The maximum absolute atomic E-state index is 13.1. The van der Waals surface area contributed by atoms with E-state index in [0.29, 0.717) is 32.1 Å². The van der Waals surface area contributed by atoms with Crippen molar-refractivity contribution < 1.29 is 80.2 Å². The molecule has 0 amide bonds. The normalized spacial score (nSPS) is 14.5. The van der Waals surface area contributed by atoms with E-state index in [1.165, 1.54) is 83.5 Å². The Labute approximate surface area is 656 Å². The van der Waals surface area contributed by atoms with Gasteiger partial charge in [0.25, 0.3) is 0 Å². The van der Waals surface area contributed by atoms with Crippen molar-refractivity contribution in [3.05, 3.63) is 146 Å². The number of phosphoric ester groups is 2. The molecule has 19 heteroatoms. The number of hydrogen-bond donors (Lipinski definition) is 3. The molecule has 618 valence electrons. The molecule has 0 aliphatic carbocycles. The highest BCUT2D eigenvalue weighted by Crippen LogP contribution is 2.45. The number of carbonyl (C=O) groups is 4. The van der Waals surface area contributed by atoms with Gasteiger partial charge in [0.05, 0.1) is 26.4 Å². The van der Waals surface area contributed by atoms with Gasteiger partial charge in [0.15, 0.2) is 12.2 Å². The smallest absolute Gasteiger partial charge is 0.462 e. The highest BCUT2D eigenvalue weighted by atomic mass is 31.2. The standard InChI is InChI=1S/C89H150O17P2/c1-5-9-13-17-21-25-29-33-37-39-41-43-47-50-54-58-62-66-70-74-87(92)100-80-85(106-89(94)76-72-68-64-60-56-52-48-44-42-40-38-34-30-26-22-18-14-10-6-2)82-104-108(97,98)102-78-83(90)77-101-107(95,96)103-81-84(105-88(93)75-71-67-63-59-55-51-46-36-32-28-24-20-16-12-8-4)79-99-86(91)73-69-65-61-57-53-49-45-35-31-27-23-19-15-11-7-3/h9,13,21-22,25-26,28,32-35,37-38,41-45,50,52,54,56,64,68,83-85,90H,5-8,10-12,14-20,23-24,27,29-31,36,39-40,46-49,51,53,55,57-63,65-67,69-82H2,1-4H3,(H,95,96)(H,97,98)/b13-9-,25-21-,26-22-,32-28-,37-33-,38-34-,43-41-,44-42-,45-35-,54-50-,56-52-,68-64-/t83-,84+,85+/m0/s1. The number of carbonyl (C=O) groups excluding carboxylic acids is 4. The molecule has 0 saturated heterocycles. The van der Waals surface area contributed by atoms with Crippen molar-refractivity contribution in [3.63, 3.8) is 0 Å². The van der Waals surface area contributed by atoms with Crippen LogP contribution in [0.4, 0.5) is 0 Å². The lowest BCUT2D eigenvalue weighted by Gasteiger charge is -2.21. The number of unbranched alkanes of at least 4 members (excludes halogenated alkanes) is 28. The highest BCUT2D eigenvalue weighted by Gasteiger charge is 2.30. The van der Waals surface area contributed by atoms with Crippen LogP contribution in [0, 0.1) is 0 Å². The van der Waals surface area contributed by atoms with E-state index in [9.17, 15) is 43.2 Å². The van der Waals surface area contributed by atoms with Gasteiger partial charge in [-0.15, -0.1) is 0 Å². The van der Waals surface area contributed by atoms with Crippen molar-refractivity contribution in [2.45, 2.75) is 354 Å². The summed E-state index contributed by atoms with van der Waals surface area (Å²) in [6.45, 7) is 4.61. The SMILES string of the molecule is CC/C=C\C/C=C\C/C=C\C/C=C\C/C=C\CCCCCC(=O)OC[C@H](COP(=O)(O)OC[C@@H](O)COP(=O)(O)OC[C@@H](COC(=O)CCCCCCC/C=C\CCCCCCCC)OC(=O)CCCCCCCCC/C=C\CCCCCC)OC(=O)CC/C=C\C/C=C\C/C=C\C/C=C\C/C=C\CCCCC. The van der Waals surface area contributed by atoms with E-state index in [1.807, 2.05) is 18.2 Å². The predicted molar refractivity (Wildman–Crippen MR) is 445 cm³/mol. The summed E-state index contributed by atoms with van der Waals surface area (Å²) in [7, 11) is -10.0. The lowest BCUT2D eigenvalue weighted by atomic mass is 10.1. The molecule has 2 unspecified atom stereocenters. The monoisotopic (exact) mass is 1550 g/mol. The Bertz CT molecular complexity index is 2610. The molecule has 108 heavy (non-hydrogen) atoms. The number of ether oxygens (including phenoxy) is 4. The zero-order chi connectivity index (χ0) is 78.9. The minimum atomic E-state index is -5.01. The largest absolute Gasteiger partial charge is 0.472 e. The maximum Gasteiger partial charge on any atom is 0.472 e. The van der Waals surface area contributed by atoms with E-state index in [4.69, 9.17) is 37.0 Å². The molecule has 0 aromatic heterocycles. The van der Waals surface area contributed by atoms with Crippen LogP contribution in [-0.2, 0) is 65.4 Å². The number of hydrogen-bond acceptors (Lipinski definition) is 15. The van der Waals surface area contributed by atoms with Crippen LogP contribution in [0.2, 0.25) is 0 Å². The van der Waals surface area contributed by atoms with Crippen molar-refractivity contribution in [2.24, 2.45) is 0 Å². The average molecular weight is 1550 g/mol. The molecule has 3 N–H and O–H groups in total. The van der Waals surface area contributed by atoms with Crippen LogP contribution in [0.3, 0.4) is 0 Å². The number of aliphatic hydroxyl groups excluding tert-OH is 1. The van der Waals surface area contributed by atoms with Gasteiger partial charge in [-0.05, 0) is 161 Å². The molecule has 0 spiro atoms. The lowest BCUT2D eigenvalue weighted by molar-refractivity contribution is -0.161. The summed E-state index contributed by atoms with van der Waals surface area (Å²) >= 11 is 0. The fourth-order valence-electron chi connectivity index (χ4n) is 10.9. The molecule has 0 aromatic rings. The molecule has 0 saturated carbocycles. The Balaban J connectivity index is 5.49. The fraction of sp³-hybridized carbons (Fsp3) is 0.685. The zero-order valence-electron chi connectivity index (χ0n) is 67.7. The number of allylic oxidation sites excluding steroid dienone is 24. The fourth-order valence-corrected chi connectivity index (χ4v) is 12.4. The second kappa shape index (κ2) is 80.0. The highest BCUT2D eigenvalue weighted by molar-refractivity contribution is 7.47. The van der Waals surface area contributed by atoms with Crippen molar-refractivity contribution in [1.82, 2.24) is 0 Å². The van der Waals surface area contributed by atoms with Gasteiger partial charge in [-0.3, -0.25) is 37.3 Å². The second-order valence-electron chi connectivity index (χ2n) is 27.7. The summed E-state index contributed by atoms with van der Waals surface area (Å²) in [5.74, 6) is -2.32. The van der Waals surface area contributed by atoms with Gasteiger partial charge < -0.3 is 33.8 Å². The summed E-state index contributed by atoms with van der Waals surface area (Å²) in [6.07, 6.45) is 92.6. The molecular weight excluding hydrogens is 1400 g/mol. The van der Waals surface area contributed by atoms with Gasteiger partial charge in [0, 0.05) is 25.7 Å². The summed E-state index contributed by atoms with van der Waals surface area (Å²) in [4.78, 5) is 73.1. The van der Waals surface area contributed by atoms with Crippen molar-refractivity contribution in [2.75, 3.05) is 39.6 Å². The number of phosphoric acid groups is 2. The molecule has 0 radical (unpaired) electrons. The van der Waals surface area contributed by atoms with Crippen molar-refractivity contribution >= 4 is 39.5 Å². The summed E-state index contributed by atoms with van der Waals surface area (Å²) in [5, 5.41) is 10.7. The zero-order valence-corrected chi connectivity index (χ0v) is 69.5. The number of rotatable bonds is 78. The van der Waals surface area contributed by atoms with Crippen LogP contribution in [0.15, 0.2) is 146 Å². The third-order valence-corrected chi connectivity index (χ3v) is 19.2. The molecular formula is C89H150O17P2. The van der Waals surface area contributed by atoms with Gasteiger partial charge >= 0.3 is 39.5 Å². The Morgan fingerprint density at radius 2 is 0.500 bits per heavy atom. The first-order chi connectivity index (χ1) is 52.7. The van der Waals surface area contributed by atoms with Crippen molar-refractivity contribution in [1.29, 1.82) is 0 Å². The Morgan fingerprint density at radius 1 is 0.269 bits per heavy atom. The van der Waals surface area contributed by atoms with Crippen LogP contribution < -0.4 is 0 Å². The first-order valence-corrected chi connectivity index (χ1v) is 45.1. The van der Waals surface area contributed by atoms with E-state index < -0.39 is 97.5 Å². The van der Waals surface area contributed by atoms with Gasteiger partial charge in [-0.25, -0.2) is 9.13 Å². The summed E-state index contributed by atoms with van der Waals surface area (Å²) in [5.41, 5.74) is 0. The third-order valence-electron chi connectivity index (χ3n) is 17.3. The van der Waals surface area contributed by atoms with Crippen LogP contribution in [0.1, 0.15) is 336 Å². The van der Waals surface area contributed by atoms with Crippen LogP contribution in [-0.4, -0.2) is 96.7 Å². The topological polar surface area (TPSA) is 237 Å². The summed E-state index contributed by atoms with van der Waals surface area (Å²) in [6, 6.07) is 0. The predicted octanol–water partition coefficient (Wildman–Crippen LogP) is 25.0. The molecule has 0 bridgehead atoms. The van der Waals surface area contributed by atoms with Crippen LogP contribution >= 0.6 is 15.6 Å². The molecule has 0 aromatic carbocycles. The average Bonchev–Trinajstić information content (AvgIpc) is 0.896. The Kier molecular flexibility index (Phi) is 76.3.